The normalized spacial score (nSPS) is 11.4. The molecule has 0 spiro atoms. The van der Waals surface area contributed by atoms with E-state index in [-0.39, 0.29) is 24.8 Å². The van der Waals surface area contributed by atoms with Gasteiger partial charge in [0, 0.05) is 25.2 Å². The Hall–Kier alpha value is -2.83. The minimum Gasteiger partial charge on any atom is -0.444 e. The zero-order chi connectivity index (χ0) is 21.2. The highest BCUT2D eigenvalue weighted by molar-refractivity contribution is 5.91. The molecular weight excluding hydrogens is 358 g/mol. The van der Waals surface area contributed by atoms with Crippen molar-refractivity contribution >= 4 is 23.6 Å². The number of nitrogens with one attached hydrogen (secondary N) is 3. The Labute approximate surface area is 166 Å². The molecule has 0 atom stereocenters. The van der Waals surface area contributed by atoms with E-state index in [1.807, 2.05) is 32.1 Å². The number of hydrogen-bond acceptors (Lipinski definition) is 4. The Balaban J connectivity index is 2.34. The SMILES string of the molecule is CC(C)/C=C/C(=O)NCc1ccc(NC(=O)CCNC(=O)OC(C)(C)C)cc1. The van der Waals surface area contributed by atoms with Crippen LogP contribution in [0, 0.1) is 5.92 Å². The molecule has 154 valence electrons. The van der Waals surface area contributed by atoms with Crippen molar-refractivity contribution in [2.45, 2.75) is 53.2 Å². The number of benzene rings is 1. The van der Waals surface area contributed by atoms with Crippen molar-refractivity contribution in [1.82, 2.24) is 10.6 Å². The van der Waals surface area contributed by atoms with Crippen LogP contribution in [-0.4, -0.2) is 30.1 Å². The quantitative estimate of drug-likeness (QED) is 0.594. The predicted molar refractivity (Wildman–Crippen MR) is 110 cm³/mol. The Morgan fingerprint density at radius 3 is 2.29 bits per heavy atom. The summed E-state index contributed by atoms with van der Waals surface area (Å²) in [5.74, 6) is -0.0209. The van der Waals surface area contributed by atoms with E-state index in [9.17, 15) is 14.4 Å². The molecule has 3 N–H and O–H groups in total. The van der Waals surface area contributed by atoms with Gasteiger partial charge in [0.15, 0.2) is 0 Å². The molecule has 0 aliphatic heterocycles. The van der Waals surface area contributed by atoms with Gasteiger partial charge in [0.25, 0.3) is 0 Å². The van der Waals surface area contributed by atoms with Crippen LogP contribution in [0.4, 0.5) is 10.5 Å². The van der Waals surface area contributed by atoms with Crippen LogP contribution in [0.15, 0.2) is 36.4 Å². The molecule has 0 heterocycles. The number of carbonyl (C=O) groups is 3. The fraction of sp³-hybridized carbons (Fsp3) is 0.476. The standard InChI is InChI=1S/C21H31N3O4/c1-15(2)6-11-18(25)23-14-16-7-9-17(10-8-16)24-19(26)12-13-22-20(27)28-21(3,4)5/h6-11,15H,12-14H2,1-5H3,(H,22,27)(H,23,25)(H,24,26)/b11-6+. The van der Waals surface area contributed by atoms with Gasteiger partial charge < -0.3 is 20.7 Å². The van der Waals surface area contributed by atoms with Crippen molar-refractivity contribution in [3.05, 3.63) is 42.0 Å². The van der Waals surface area contributed by atoms with E-state index in [1.165, 1.54) is 6.08 Å². The zero-order valence-corrected chi connectivity index (χ0v) is 17.3. The molecule has 7 heteroatoms. The molecule has 0 fully saturated rings. The zero-order valence-electron chi connectivity index (χ0n) is 17.3. The van der Waals surface area contributed by atoms with Gasteiger partial charge in [-0.15, -0.1) is 0 Å². The van der Waals surface area contributed by atoms with Crippen LogP contribution in [0.1, 0.15) is 46.6 Å². The second-order valence-electron chi connectivity index (χ2n) is 7.74. The van der Waals surface area contributed by atoms with Crippen LogP contribution in [0.25, 0.3) is 0 Å². The molecule has 0 aromatic heterocycles. The lowest BCUT2D eigenvalue weighted by Crippen LogP contribution is -2.34. The van der Waals surface area contributed by atoms with Gasteiger partial charge in [0.05, 0.1) is 0 Å². The van der Waals surface area contributed by atoms with E-state index in [2.05, 4.69) is 16.0 Å². The lowest BCUT2D eigenvalue weighted by molar-refractivity contribution is -0.117. The van der Waals surface area contributed by atoms with Crippen molar-refractivity contribution in [3.8, 4) is 0 Å². The highest BCUT2D eigenvalue weighted by Gasteiger charge is 2.15. The summed E-state index contributed by atoms with van der Waals surface area (Å²) in [6, 6.07) is 7.21. The minimum absolute atomic E-state index is 0.136. The maximum Gasteiger partial charge on any atom is 0.407 e. The number of amides is 3. The Kier molecular flexibility index (Phi) is 9.21. The molecule has 0 saturated heterocycles. The Morgan fingerprint density at radius 1 is 1.07 bits per heavy atom. The molecule has 0 bridgehead atoms. The number of carbonyl (C=O) groups excluding carboxylic acids is 3. The number of alkyl carbamates (subject to hydrolysis) is 1. The molecule has 3 amide bonds. The van der Waals surface area contributed by atoms with Crippen LogP contribution in [0.5, 0.6) is 0 Å². The van der Waals surface area contributed by atoms with Crippen LogP contribution in [0.2, 0.25) is 0 Å². The van der Waals surface area contributed by atoms with E-state index in [4.69, 9.17) is 4.74 Å². The molecule has 1 aromatic rings. The summed E-state index contributed by atoms with van der Waals surface area (Å²) < 4.78 is 5.10. The third kappa shape index (κ3) is 11.0. The smallest absolute Gasteiger partial charge is 0.407 e. The lowest BCUT2D eigenvalue weighted by Gasteiger charge is -2.19. The summed E-state index contributed by atoms with van der Waals surface area (Å²) in [5, 5.41) is 8.10. The second-order valence-corrected chi connectivity index (χ2v) is 7.74. The van der Waals surface area contributed by atoms with Gasteiger partial charge in [0.2, 0.25) is 11.8 Å². The van der Waals surface area contributed by atoms with E-state index in [0.717, 1.165) is 5.56 Å². The number of ether oxygens (including phenoxy) is 1. The maximum atomic E-state index is 11.9. The van der Waals surface area contributed by atoms with E-state index in [0.29, 0.717) is 18.2 Å². The van der Waals surface area contributed by atoms with Crippen LogP contribution in [0.3, 0.4) is 0 Å². The number of allylic oxidation sites excluding steroid dienone is 1. The number of hydrogen-bond donors (Lipinski definition) is 3. The molecule has 0 unspecified atom stereocenters. The fourth-order valence-corrected chi connectivity index (χ4v) is 2.05. The van der Waals surface area contributed by atoms with Crippen molar-refractivity contribution in [2.75, 3.05) is 11.9 Å². The first kappa shape index (κ1) is 23.2. The monoisotopic (exact) mass is 389 g/mol. The van der Waals surface area contributed by atoms with Crippen molar-refractivity contribution in [2.24, 2.45) is 5.92 Å². The van der Waals surface area contributed by atoms with Crippen molar-refractivity contribution < 1.29 is 19.1 Å². The first-order valence-corrected chi connectivity index (χ1v) is 9.37. The first-order valence-electron chi connectivity index (χ1n) is 9.37. The Morgan fingerprint density at radius 2 is 1.71 bits per heavy atom. The maximum absolute atomic E-state index is 11.9. The van der Waals surface area contributed by atoms with Gasteiger partial charge in [-0.1, -0.05) is 32.1 Å². The average Bonchev–Trinajstić information content (AvgIpc) is 2.57. The molecule has 1 aromatic carbocycles. The van der Waals surface area contributed by atoms with E-state index >= 15 is 0 Å². The van der Waals surface area contributed by atoms with Crippen molar-refractivity contribution in [3.63, 3.8) is 0 Å². The molecule has 28 heavy (non-hydrogen) atoms. The molecule has 1 rings (SSSR count). The highest BCUT2D eigenvalue weighted by Crippen LogP contribution is 2.10. The molecule has 0 aliphatic carbocycles. The van der Waals surface area contributed by atoms with Crippen LogP contribution < -0.4 is 16.0 Å². The van der Waals surface area contributed by atoms with Crippen molar-refractivity contribution in [1.29, 1.82) is 0 Å². The molecular formula is C21H31N3O4. The Bertz CT molecular complexity index is 689. The predicted octanol–water partition coefficient (Wildman–Crippen LogP) is 3.37. The first-order chi connectivity index (χ1) is 13.0. The summed E-state index contributed by atoms with van der Waals surface area (Å²) in [7, 11) is 0. The second kappa shape index (κ2) is 11.1. The number of rotatable bonds is 8. The molecule has 0 saturated carbocycles. The minimum atomic E-state index is -0.571. The fourth-order valence-electron chi connectivity index (χ4n) is 2.05. The topological polar surface area (TPSA) is 96.5 Å². The van der Waals surface area contributed by atoms with E-state index in [1.54, 1.807) is 32.9 Å². The summed E-state index contributed by atoms with van der Waals surface area (Å²) >= 11 is 0. The van der Waals surface area contributed by atoms with E-state index < -0.39 is 11.7 Å². The molecule has 7 nitrogen and oxygen atoms in total. The van der Waals surface area contributed by atoms with Crippen LogP contribution in [-0.2, 0) is 20.9 Å². The largest absolute Gasteiger partial charge is 0.444 e. The lowest BCUT2D eigenvalue weighted by atomic mass is 10.2. The summed E-state index contributed by atoms with van der Waals surface area (Å²) in [6.07, 6.45) is 2.96. The summed E-state index contributed by atoms with van der Waals surface area (Å²) in [6.45, 7) is 9.93. The van der Waals surface area contributed by atoms with Gasteiger partial charge >= 0.3 is 6.09 Å². The van der Waals surface area contributed by atoms with Crippen LogP contribution >= 0.6 is 0 Å². The van der Waals surface area contributed by atoms with Gasteiger partial charge in [0.1, 0.15) is 5.60 Å². The third-order valence-corrected chi connectivity index (χ3v) is 3.36. The molecule has 0 radical (unpaired) electrons. The van der Waals surface area contributed by atoms with Gasteiger partial charge in [-0.25, -0.2) is 4.79 Å². The van der Waals surface area contributed by atoms with Gasteiger partial charge in [-0.3, -0.25) is 9.59 Å². The van der Waals surface area contributed by atoms with Gasteiger partial charge in [-0.05, 0) is 50.5 Å². The molecule has 0 aliphatic rings. The third-order valence-electron chi connectivity index (χ3n) is 3.36. The average molecular weight is 389 g/mol. The summed E-state index contributed by atoms with van der Waals surface area (Å²) in [4.78, 5) is 35.1. The van der Waals surface area contributed by atoms with Gasteiger partial charge in [-0.2, -0.15) is 0 Å². The summed E-state index contributed by atoms with van der Waals surface area (Å²) in [5.41, 5.74) is 1.01. The highest BCUT2D eigenvalue weighted by atomic mass is 16.6. The number of anilines is 1.